The van der Waals surface area contributed by atoms with Crippen LogP contribution < -0.4 is 4.74 Å². The molecule has 2 aliphatic carbocycles. The smallest absolute Gasteiger partial charge is 0.278 e. The topological polar surface area (TPSA) is 69.7 Å². The third kappa shape index (κ3) is 7.27. The molecule has 2 aliphatic rings. The van der Waals surface area contributed by atoms with E-state index in [9.17, 15) is 13.2 Å². The molecule has 0 radical (unpaired) electrons. The predicted molar refractivity (Wildman–Crippen MR) is 188 cm³/mol. The third-order valence-corrected chi connectivity index (χ3v) is 15.9. The summed E-state index contributed by atoms with van der Waals surface area (Å²) >= 11 is 0. The Morgan fingerprint density at radius 2 is 1.24 bits per heavy atom. The lowest BCUT2D eigenvalue weighted by Gasteiger charge is -2.41. The van der Waals surface area contributed by atoms with Crippen molar-refractivity contribution in [1.82, 2.24) is 0 Å². The van der Waals surface area contributed by atoms with Gasteiger partial charge in [0.25, 0.3) is 10.1 Å². The second-order valence-corrected chi connectivity index (χ2v) is 18.2. The van der Waals surface area contributed by atoms with E-state index in [4.69, 9.17) is 8.37 Å². The maximum atomic E-state index is 14.3. The molecule has 2 fully saturated rings. The van der Waals surface area contributed by atoms with Crippen LogP contribution in [0.5, 0.6) is 5.75 Å². The van der Waals surface area contributed by atoms with Gasteiger partial charge in [0.05, 0.1) is 17.8 Å². The molecule has 3 aromatic carbocycles. The van der Waals surface area contributed by atoms with E-state index in [1.54, 1.807) is 0 Å². The Morgan fingerprint density at radius 3 is 1.74 bits per heavy atom. The molecule has 250 valence electrons. The van der Waals surface area contributed by atoms with Crippen LogP contribution in [0.2, 0.25) is 0 Å². The lowest BCUT2D eigenvalue weighted by molar-refractivity contribution is -0.128. The van der Waals surface area contributed by atoms with Crippen molar-refractivity contribution in [2.24, 2.45) is 16.7 Å². The number of Topliss-reactive ketones (excluding diaryl/α,β-unsaturated/α-hetero) is 1. The number of carbonyl (C=O) groups is 1. The van der Waals surface area contributed by atoms with Crippen LogP contribution in [0.15, 0.2) is 99.6 Å². The van der Waals surface area contributed by atoms with Gasteiger partial charge in [0.15, 0.2) is 0 Å². The molecule has 0 aliphatic heterocycles. The Hall–Kier alpha value is -2.61. The molecule has 2 saturated carbocycles. The highest BCUT2D eigenvalue weighted by Crippen LogP contribution is 2.71. The van der Waals surface area contributed by atoms with E-state index in [0.717, 1.165) is 39.7 Å². The maximum absolute atomic E-state index is 14.3. The van der Waals surface area contributed by atoms with Crippen LogP contribution in [0.25, 0.3) is 0 Å². The highest BCUT2D eigenvalue weighted by atomic mass is 32.3. The van der Waals surface area contributed by atoms with Crippen molar-refractivity contribution in [2.45, 2.75) is 113 Å². The molecule has 2 bridgehead atoms. The number of rotatable bonds is 18. The summed E-state index contributed by atoms with van der Waals surface area (Å²) in [7, 11) is -6.90. The summed E-state index contributed by atoms with van der Waals surface area (Å²) in [4.78, 5) is 15.7. The van der Waals surface area contributed by atoms with Gasteiger partial charge in [-0.2, -0.15) is 8.42 Å². The average Bonchev–Trinajstić information content (AvgIpc) is 3.40. The molecule has 0 saturated heterocycles. The Bertz CT molecular complexity index is 1480. The first-order chi connectivity index (χ1) is 22.1. The fraction of sp³-hybridized carbons (Fsp3) is 0.513. The molecular weight excluding hydrogens is 613 g/mol. The fourth-order valence-electron chi connectivity index (χ4n) is 7.67. The minimum Gasteiger partial charge on any atom is -0.494 e. The molecule has 46 heavy (non-hydrogen) atoms. The van der Waals surface area contributed by atoms with Crippen LogP contribution in [0.1, 0.15) is 97.8 Å². The largest absolute Gasteiger partial charge is 0.494 e. The minimum absolute atomic E-state index is 0.0643. The van der Waals surface area contributed by atoms with Crippen molar-refractivity contribution in [3.8, 4) is 5.75 Å². The Balaban J connectivity index is 1.37. The zero-order valence-corrected chi connectivity index (χ0v) is 29.6. The van der Waals surface area contributed by atoms with Crippen molar-refractivity contribution in [2.75, 3.05) is 12.4 Å². The van der Waals surface area contributed by atoms with Crippen LogP contribution in [0, 0.1) is 16.7 Å². The molecule has 2 atom stereocenters. The SMILES string of the molecule is CCCCCCCCCCCOc1ccc(S(OS(=O)(=O)CC23CCC(CC2=O)C3(C)C)(c2ccccc2)c2ccccc2)cc1. The molecule has 5 nitrogen and oxygen atoms in total. The third-order valence-electron chi connectivity index (χ3n) is 10.6. The lowest BCUT2D eigenvalue weighted by atomic mass is 9.70. The summed E-state index contributed by atoms with van der Waals surface area (Å²) in [5, 5.41) is 0. The molecule has 7 heteroatoms. The summed E-state index contributed by atoms with van der Waals surface area (Å²) < 4.78 is 41.4. The van der Waals surface area contributed by atoms with Crippen molar-refractivity contribution >= 4 is 26.2 Å². The van der Waals surface area contributed by atoms with Gasteiger partial charge in [-0.05, 0) is 89.4 Å². The van der Waals surface area contributed by atoms with E-state index in [0.29, 0.717) is 19.4 Å². The summed E-state index contributed by atoms with van der Waals surface area (Å²) in [6.07, 6.45) is 13.3. The monoisotopic (exact) mass is 664 g/mol. The number of ether oxygens (including phenoxy) is 1. The highest BCUT2D eigenvalue weighted by molar-refractivity contribution is 8.33. The minimum atomic E-state index is -4.17. The summed E-state index contributed by atoms with van der Waals surface area (Å²) in [5.41, 5.74) is -1.30. The van der Waals surface area contributed by atoms with Crippen molar-refractivity contribution in [1.29, 1.82) is 0 Å². The van der Waals surface area contributed by atoms with E-state index in [-0.39, 0.29) is 22.9 Å². The van der Waals surface area contributed by atoms with Crippen LogP contribution in [0.3, 0.4) is 0 Å². The Kier molecular flexibility index (Phi) is 11.4. The molecule has 0 spiro atoms. The molecule has 0 N–H and O–H groups in total. The first kappa shape index (κ1) is 34.7. The van der Waals surface area contributed by atoms with Gasteiger partial charge in [-0.15, -0.1) is 0 Å². The van der Waals surface area contributed by atoms with Crippen molar-refractivity contribution in [3.63, 3.8) is 0 Å². The molecule has 0 heterocycles. The van der Waals surface area contributed by atoms with Gasteiger partial charge in [-0.25, -0.2) is 3.63 Å². The van der Waals surface area contributed by atoms with E-state index >= 15 is 0 Å². The zero-order chi connectivity index (χ0) is 32.7. The lowest BCUT2D eigenvalue weighted by Crippen LogP contribution is -2.42. The van der Waals surface area contributed by atoms with Gasteiger partial charge in [-0.3, -0.25) is 4.79 Å². The normalized spacial score (nSPS) is 21.0. The fourth-order valence-corrected chi connectivity index (χ4v) is 13.7. The molecular formula is C39H52O5S2. The van der Waals surface area contributed by atoms with E-state index in [1.165, 1.54) is 44.9 Å². The summed E-state index contributed by atoms with van der Waals surface area (Å²) in [5.74, 6) is 0.749. The number of ketones is 1. The predicted octanol–water partition coefficient (Wildman–Crippen LogP) is 10.5. The highest BCUT2D eigenvalue weighted by Gasteiger charge is 2.65. The van der Waals surface area contributed by atoms with Gasteiger partial charge in [0.1, 0.15) is 11.5 Å². The number of hydrogen-bond donors (Lipinski definition) is 0. The average molecular weight is 665 g/mol. The number of carbonyl (C=O) groups excluding carboxylic acids is 1. The quantitative estimate of drug-likeness (QED) is 0.127. The first-order valence-electron chi connectivity index (χ1n) is 17.3. The van der Waals surface area contributed by atoms with Crippen molar-refractivity contribution < 1.29 is 21.6 Å². The Morgan fingerprint density at radius 1 is 0.717 bits per heavy atom. The first-order valence-corrected chi connectivity index (χ1v) is 20.4. The van der Waals surface area contributed by atoms with Crippen LogP contribution >= 0.6 is 10.3 Å². The number of hydrogen-bond acceptors (Lipinski definition) is 5. The standard InChI is InChI=1S/C39H52O5S2/c1-4-5-6-7-8-9-10-11-18-29-43-33-23-25-36(26-24-33)46(34-19-14-12-15-20-34,35-21-16-13-17-22-35)44-45(41,42)31-39-28-27-32(30-37(39)40)38(39,2)3/h12-17,19-26,32H,4-11,18,27-31H2,1-3H3. The molecule has 3 aromatic rings. The van der Waals surface area contributed by atoms with E-state index < -0.39 is 25.8 Å². The Labute approximate surface area is 279 Å². The molecule has 2 unspecified atom stereocenters. The van der Waals surface area contributed by atoms with Crippen LogP contribution in [-0.2, 0) is 18.5 Å². The molecule has 5 rings (SSSR count). The summed E-state index contributed by atoms with van der Waals surface area (Å²) in [6, 6.07) is 27.1. The van der Waals surface area contributed by atoms with Gasteiger partial charge in [-0.1, -0.05) is 109 Å². The van der Waals surface area contributed by atoms with Crippen LogP contribution in [0.4, 0.5) is 0 Å². The number of fused-ring (bicyclic) bond motifs is 2. The second-order valence-electron chi connectivity index (χ2n) is 13.8. The molecule has 0 amide bonds. The number of unbranched alkanes of at least 4 members (excludes halogenated alkanes) is 8. The maximum Gasteiger partial charge on any atom is 0.278 e. The van der Waals surface area contributed by atoms with Gasteiger partial charge < -0.3 is 4.74 Å². The zero-order valence-electron chi connectivity index (χ0n) is 27.9. The van der Waals surface area contributed by atoms with Gasteiger partial charge in [0, 0.05) is 21.1 Å². The van der Waals surface area contributed by atoms with Gasteiger partial charge in [0.2, 0.25) is 0 Å². The van der Waals surface area contributed by atoms with Crippen molar-refractivity contribution in [3.05, 3.63) is 84.9 Å². The number of benzene rings is 3. The van der Waals surface area contributed by atoms with Gasteiger partial charge >= 0.3 is 0 Å². The molecule has 0 aromatic heterocycles. The van der Waals surface area contributed by atoms with E-state index in [1.807, 2.05) is 84.9 Å². The summed E-state index contributed by atoms with van der Waals surface area (Å²) in [6.45, 7) is 7.03. The van der Waals surface area contributed by atoms with E-state index in [2.05, 4.69) is 20.8 Å². The van der Waals surface area contributed by atoms with Crippen LogP contribution in [-0.4, -0.2) is 26.6 Å². The second kappa shape index (κ2) is 15.1.